The Hall–Kier alpha value is -5.74. The third kappa shape index (κ3) is 8.35. The number of likely N-dealkylation sites (tertiary alicyclic amines) is 2. The molecule has 0 radical (unpaired) electrons. The fourth-order valence-corrected chi connectivity index (χ4v) is 8.75. The maximum atomic E-state index is 14.1. The van der Waals surface area contributed by atoms with Crippen LogP contribution in [0, 0.1) is 11.8 Å². The normalized spacial score (nSPS) is 22.1. The quantitative estimate of drug-likeness (QED) is 0.128. The number of likely N-dealkylation sites (N-methyl/N-ethyl adjacent to an activating group) is 1. The molecule has 320 valence electrons. The van der Waals surface area contributed by atoms with Gasteiger partial charge in [0.25, 0.3) is 0 Å². The molecule has 0 unspecified atom stereocenters. The number of rotatable bonds is 11. The van der Waals surface area contributed by atoms with Gasteiger partial charge >= 0.3 is 12.2 Å². The molecule has 4 aromatic rings. The van der Waals surface area contributed by atoms with Gasteiger partial charge in [-0.1, -0.05) is 76.2 Å². The van der Waals surface area contributed by atoms with Gasteiger partial charge in [0.15, 0.2) is 5.79 Å². The number of hydrogen-bond donors (Lipinski definition) is 4. The lowest BCUT2D eigenvalue weighted by Crippen LogP contribution is -2.52. The first-order valence-electron chi connectivity index (χ1n) is 20.7. The van der Waals surface area contributed by atoms with E-state index in [1.165, 1.54) is 14.2 Å². The molecule has 6 atom stereocenters. The smallest absolute Gasteiger partial charge is 0.407 e. The van der Waals surface area contributed by atoms with Gasteiger partial charge in [-0.25, -0.2) is 19.6 Å². The lowest BCUT2D eigenvalue weighted by Gasteiger charge is -2.33. The Morgan fingerprint density at radius 1 is 0.883 bits per heavy atom. The number of nitrogens with one attached hydrogen (secondary N) is 3. The second-order valence-electron chi connectivity index (χ2n) is 16.9. The first kappa shape index (κ1) is 42.4. The summed E-state index contributed by atoms with van der Waals surface area (Å²) >= 11 is 0. The van der Waals surface area contributed by atoms with Crippen molar-refractivity contribution in [3.63, 3.8) is 0 Å². The molecular weight excluding hydrogens is 769 g/mol. The molecule has 3 aliphatic rings. The van der Waals surface area contributed by atoms with Gasteiger partial charge < -0.3 is 44.4 Å². The zero-order chi connectivity index (χ0) is 43.0. The maximum Gasteiger partial charge on any atom is 0.407 e. The lowest BCUT2D eigenvalue weighted by atomic mass is 10.0. The molecule has 16 heteroatoms. The number of alkyl carbamates (subject to hydrolysis) is 1. The number of carbonyl (C=O) groups is 4. The topological polar surface area (TPSA) is 195 Å². The summed E-state index contributed by atoms with van der Waals surface area (Å²) in [6.45, 7) is 12.1. The second-order valence-corrected chi connectivity index (χ2v) is 16.9. The molecule has 3 fully saturated rings. The van der Waals surface area contributed by atoms with E-state index in [1.807, 2.05) is 96.3 Å². The molecule has 3 saturated heterocycles. The Morgan fingerprint density at radius 3 is 2.08 bits per heavy atom. The zero-order valence-corrected chi connectivity index (χ0v) is 35.5. The van der Waals surface area contributed by atoms with Crippen LogP contribution < -0.4 is 5.32 Å². The van der Waals surface area contributed by atoms with Crippen molar-refractivity contribution in [2.24, 2.45) is 11.8 Å². The van der Waals surface area contributed by atoms with Gasteiger partial charge in [0.1, 0.15) is 23.7 Å². The summed E-state index contributed by atoms with van der Waals surface area (Å²) < 4.78 is 17.5. The molecule has 0 bridgehead atoms. The van der Waals surface area contributed by atoms with Crippen molar-refractivity contribution in [2.45, 2.75) is 103 Å². The molecular formula is C44H56N8O8. The molecule has 60 heavy (non-hydrogen) atoms. The molecule has 4 amide bonds. The molecule has 5 heterocycles. The van der Waals surface area contributed by atoms with Crippen molar-refractivity contribution in [1.29, 1.82) is 0 Å². The third-order valence-electron chi connectivity index (χ3n) is 12.1. The Kier molecular flexibility index (Phi) is 12.1. The van der Waals surface area contributed by atoms with E-state index in [9.17, 15) is 24.3 Å². The van der Waals surface area contributed by atoms with Crippen molar-refractivity contribution >= 4 is 24.0 Å². The monoisotopic (exact) mass is 824 g/mol. The number of H-pyrrole nitrogens is 2. The largest absolute Gasteiger partial charge is 0.465 e. The summed E-state index contributed by atoms with van der Waals surface area (Å²) in [5, 5.41) is 12.3. The molecule has 1 spiro atoms. The maximum absolute atomic E-state index is 14.1. The first-order valence-corrected chi connectivity index (χ1v) is 20.7. The van der Waals surface area contributed by atoms with Crippen LogP contribution in [0.15, 0.2) is 60.9 Å². The van der Waals surface area contributed by atoms with Crippen LogP contribution in [0.4, 0.5) is 9.59 Å². The third-order valence-corrected chi connectivity index (χ3v) is 12.1. The van der Waals surface area contributed by atoms with Crippen molar-refractivity contribution < 1.29 is 38.5 Å². The lowest BCUT2D eigenvalue weighted by molar-refractivity contribution is -0.166. The van der Waals surface area contributed by atoms with Gasteiger partial charge in [-0.2, -0.15) is 0 Å². The van der Waals surface area contributed by atoms with Crippen LogP contribution in [0.1, 0.15) is 84.5 Å². The molecule has 16 nitrogen and oxygen atoms in total. The van der Waals surface area contributed by atoms with E-state index in [0.717, 1.165) is 51.4 Å². The zero-order valence-electron chi connectivity index (χ0n) is 35.5. The minimum Gasteiger partial charge on any atom is -0.465 e. The molecule has 0 saturated carbocycles. The minimum atomic E-state index is -1.13. The summed E-state index contributed by atoms with van der Waals surface area (Å²) in [4.78, 5) is 72.6. The highest BCUT2D eigenvalue weighted by molar-refractivity contribution is 5.87. The average Bonchev–Trinajstić information content (AvgIpc) is 4.08. The van der Waals surface area contributed by atoms with E-state index >= 15 is 0 Å². The van der Waals surface area contributed by atoms with Crippen LogP contribution in [0.3, 0.4) is 0 Å². The fraction of sp³-hybridized carbons (Fsp3) is 0.500. The van der Waals surface area contributed by atoms with E-state index in [2.05, 4.69) is 15.3 Å². The number of benzene rings is 2. The standard InChI is InChI=1S/C44H56N8O8/c1-24(2)36(49-42(55)58-8)40(53)52-23-44(59-26(5)27(6)60-44)20-35(52)39-46-22-33(48-39)31-17-13-29(14-18-31)28-11-15-30(16-12-28)32-21-45-38(47-32)34-10-9-19-51(34)41(54)37(25(3)4)50(7)43(56)57/h11-18,21-22,24-27,34-37H,9-10,19-20,23H2,1-8H3,(H,45,47)(H,46,48)(H,49,55)(H,56,57)/t26-,27-,34+,35+,36+,37+/m1/s1. The molecule has 4 N–H and O–H groups in total. The van der Waals surface area contributed by atoms with Crippen LogP contribution in [0.5, 0.6) is 0 Å². The highest BCUT2D eigenvalue weighted by atomic mass is 16.8. The van der Waals surface area contributed by atoms with Crippen molar-refractivity contribution in [1.82, 2.24) is 40.0 Å². The summed E-state index contributed by atoms with van der Waals surface area (Å²) in [5.41, 5.74) is 5.42. The van der Waals surface area contributed by atoms with E-state index in [4.69, 9.17) is 24.2 Å². The van der Waals surface area contributed by atoms with Gasteiger partial charge in [-0.15, -0.1) is 0 Å². The van der Waals surface area contributed by atoms with Gasteiger partial charge in [0.05, 0.1) is 55.5 Å². The van der Waals surface area contributed by atoms with E-state index < -0.39 is 36.1 Å². The van der Waals surface area contributed by atoms with Gasteiger partial charge in [0, 0.05) is 31.8 Å². The number of ether oxygens (including phenoxy) is 3. The van der Waals surface area contributed by atoms with Gasteiger partial charge in [0.2, 0.25) is 11.8 Å². The number of aromatic nitrogens is 4. The Labute approximate surface area is 350 Å². The number of imidazole rings is 2. The summed E-state index contributed by atoms with van der Waals surface area (Å²) in [7, 11) is 2.71. The molecule has 2 aromatic heterocycles. The summed E-state index contributed by atoms with van der Waals surface area (Å²) in [6.07, 6.45) is 3.42. The van der Waals surface area contributed by atoms with Crippen molar-refractivity contribution in [2.75, 3.05) is 27.2 Å². The van der Waals surface area contributed by atoms with Crippen LogP contribution >= 0.6 is 0 Å². The summed E-state index contributed by atoms with van der Waals surface area (Å²) in [6, 6.07) is 13.9. The van der Waals surface area contributed by atoms with Crippen molar-refractivity contribution in [3.8, 4) is 33.6 Å². The van der Waals surface area contributed by atoms with E-state index in [-0.39, 0.29) is 48.4 Å². The number of carbonyl (C=O) groups excluding carboxylic acids is 3. The Balaban J connectivity index is 1.05. The Bertz CT molecular complexity index is 2170. The van der Waals surface area contributed by atoms with Crippen molar-refractivity contribution in [3.05, 3.63) is 72.6 Å². The predicted molar refractivity (Wildman–Crippen MR) is 222 cm³/mol. The minimum absolute atomic E-state index is 0.152. The van der Waals surface area contributed by atoms with Gasteiger partial charge in [-0.3, -0.25) is 14.5 Å². The highest BCUT2D eigenvalue weighted by Crippen LogP contribution is 2.45. The second kappa shape index (κ2) is 17.1. The van der Waals surface area contributed by atoms with Crippen LogP contribution in [0.2, 0.25) is 0 Å². The number of nitrogens with zero attached hydrogens (tertiary/aromatic N) is 5. The highest BCUT2D eigenvalue weighted by Gasteiger charge is 2.56. The number of amides is 4. The Morgan fingerprint density at radius 2 is 1.50 bits per heavy atom. The van der Waals surface area contributed by atoms with Crippen LogP contribution in [-0.2, 0) is 23.8 Å². The van der Waals surface area contributed by atoms with E-state index in [0.29, 0.717) is 24.6 Å². The van der Waals surface area contributed by atoms with Crippen LogP contribution in [-0.4, -0.2) is 121 Å². The number of carboxylic acid groups (broad SMARTS) is 1. The molecule has 3 aliphatic heterocycles. The van der Waals surface area contributed by atoms with E-state index in [1.54, 1.807) is 16.0 Å². The predicted octanol–water partition coefficient (Wildman–Crippen LogP) is 6.61. The van der Waals surface area contributed by atoms with Crippen LogP contribution in [0.25, 0.3) is 33.6 Å². The fourth-order valence-electron chi connectivity index (χ4n) is 8.75. The summed E-state index contributed by atoms with van der Waals surface area (Å²) in [5.74, 6) is -0.579. The SMILES string of the molecule is COC(=O)N[C@H](C(=O)N1CC2(C[C@H]1c1ncc(-c3ccc(-c4ccc(-c5c[nH]c([C@@H]6CCCN6C(=O)[C@H](C(C)C)N(C)C(=O)O)n5)cc4)cc3)[nH]1)O[C@H](C)[C@@H](C)O2)C(C)C. The average molecular weight is 825 g/mol. The molecule has 7 rings (SSSR count). The van der Waals surface area contributed by atoms with Gasteiger partial charge in [-0.05, 0) is 55.2 Å². The number of aromatic amines is 2. The number of hydrogen-bond acceptors (Lipinski definition) is 9. The molecule has 2 aromatic carbocycles. The molecule has 0 aliphatic carbocycles. The first-order chi connectivity index (χ1) is 28.6. The number of methoxy groups -OCH3 is 1.